The van der Waals surface area contributed by atoms with Crippen LogP contribution in [-0.4, -0.2) is 17.5 Å². The largest absolute Gasteiger partial charge is 0.383 e. The van der Waals surface area contributed by atoms with Gasteiger partial charge in [0.15, 0.2) is 0 Å². The minimum absolute atomic E-state index is 0.262. The Labute approximate surface area is 115 Å². The maximum atomic E-state index is 9.15. The lowest BCUT2D eigenvalue weighted by molar-refractivity contribution is 0.574. The van der Waals surface area contributed by atoms with Crippen LogP contribution in [0.25, 0.3) is 0 Å². The van der Waals surface area contributed by atoms with Crippen molar-refractivity contribution in [3.63, 3.8) is 0 Å². The van der Waals surface area contributed by atoms with E-state index < -0.39 is 0 Å². The molecule has 0 aliphatic rings. The summed E-state index contributed by atoms with van der Waals surface area (Å²) in [5.41, 5.74) is 2.81. The predicted octanol–water partition coefficient (Wildman–Crippen LogP) is 4.20. The standard InChI is InChI=1S/C15H22N2S/c1-5-15(6-2,18-4)11-17-14-8-7-12(3)9-13(14)10-16/h7-9,17H,5-6,11H2,1-4H3. The maximum absolute atomic E-state index is 9.15. The fourth-order valence-electron chi connectivity index (χ4n) is 2.02. The van der Waals surface area contributed by atoms with Gasteiger partial charge in [-0.05, 0) is 43.7 Å². The zero-order valence-corrected chi connectivity index (χ0v) is 12.5. The van der Waals surface area contributed by atoms with Crippen LogP contribution < -0.4 is 5.32 Å². The van der Waals surface area contributed by atoms with E-state index in [1.807, 2.05) is 36.9 Å². The number of aryl methyl sites for hydroxylation is 1. The molecule has 0 heterocycles. The Balaban J connectivity index is 2.83. The van der Waals surface area contributed by atoms with Crippen molar-refractivity contribution in [3.05, 3.63) is 29.3 Å². The quantitative estimate of drug-likeness (QED) is 0.834. The maximum Gasteiger partial charge on any atom is 0.101 e. The Bertz CT molecular complexity index is 422. The Hall–Kier alpha value is -1.14. The molecule has 98 valence electrons. The van der Waals surface area contributed by atoms with Gasteiger partial charge in [-0.25, -0.2) is 0 Å². The van der Waals surface area contributed by atoms with Gasteiger partial charge < -0.3 is 5.32 Å². The highest BCUT2D eigenvalue weighted by molar-refractivity contribution is 8.00. The molecule has 0 fully saturated rings. The second-order valence-electron chi connectivity index (χ2n) is 4.61. The summed E-state index contributed by atoms with van der Waals surface area (Å²) in [6.07, 6.45) is 4.42. The topological polar surface area (TPSA) is 35.8 Å². The Morgan fingerprint density at radius 3 is 2.50 bits per heavy atom. The molecule has 0 aliphatic heterocycles. The molecule has 1 N–H and O–H groups in total. The van der Waals surface area contributed by atoms with Crippen molar-refractivity contribution in [1.29, 1.82) is 5.26 Å². The fourth-order valence-corrected chi connectivity index (χ4v) is 2.82. The first kappa shape index (κ1) is 14.9. The molecule has 2 nitrogen and oxygen atoms in total. The summed E-state index contributed by atoms with van der Waals surface area (Å²) in [6.45, 7) is 7.36. The normalized spacial score (nSPS) is 11.1. The number of rotatable bonds is 6. The minimum Gasteiger partial charge on any atom is -0.383 e. The van der Waals surface area contributed by atoms with Gasteiger partial charge in [0.05, 0.1) is 11.3 Å². The van der Waals surface area contributed by atoms with Crippen molar-refractivity contribution in [3.8, 4) is 6.07 Å². The van der Waals surface area contributed by atoms with E-state index >= 15 is 0 Å². The lowest BCUT2D eigenvalue weighted by atomic mass is 10.0. The number of hydrogen-bond acceptors (Lipinski definition) is 3. The minimum atomic E-state index is 0.262. The van der Waals surface area contributed by atoms with Gasteiger partial charge in [-0.3, -0.25) is 0 Å². The van der Waals surface area contributed by atoms with Crippen LogP contribution in [0.2, 0.25) is 0 Å². The average molecular weight is 262 g/mol. The summed E-state index contributed by atoms with van der Waals surface area (Å²) in [4.78, 5) is 0. The second-order valence-corrected chi connectivity index (χ2v) is 5.88. The summed E-state index contributed by atoms with van der Waals surface area (Å²) < 4.78 is 0.262. The summed E-state index contributed by atoms with van der Waals surface area (Å²) in [6, 6.07) is 8.24. The van der Waals surface area contributed by atoms with E-state index in [9.17, 15) is 0 Å². The molecule has 3 heteroatoms. The molecule has 0 aromatic heterocycles. The first-order chi connectivity index (χ1) is 8.60. The summed E-state index contributed by atoms with van der Waals surface area (Å²) >= 11 is 1.91. The molecule has 0 radical (unpaired) electrons. The van der Waals surface area contributed by atoms with Crippen molar-refractivity contribution < 1.29 is 0 Å². The third kappa shape index (κ3) is 3.43. The van der Waals surface area contributed by atoms with Crippen LogP contribution in [0.3, 0.4) is 0 Å². The third-order valence-corrected chi connectivity index (χ3v) is 5.21. The fraction of sp³-hybridized carbons (Fsp3) is 0.533. The average Bonchev–Trinajstić information content (AvgIpc) is 2.42. The van der Waals surface area contributed by atoms with Gasteiger partial charge in [-0.1, -0.05) is 19.9 Å². The van der Waals surface area contributed by atoms with E-state index in [-0.39, 0.29) is 4.75 Å². The lowest BCUT2D eigenvalue weighted by Gasteiger charge is -2.30. The monoisotopic (exact) mass is 262 g/mol. The van der Waals surface area contributed by atoms with E-state index in [0.717, 1.165) is 36.2 Å². The van der Waals surface area contributed by atoms with Gasteiger partial charge in [-0.2, -0.15) is 17.0 Å². The molecule has 18 heavy (non-hydrogen) atoms. The Morgan fingerprint density at radius 2 is 2.00 bits per heavy atom. The molecule has 0 amide bonds. The molecule has 1 rings (SSSR count). The molecule has 0 aliphatic carbocycles. The predicted molar refractivity (Wildman–Crippen MR) is 81.2 cm³/mol. The van der Waals surface area contributed by atoms with Crippen molar-refractivity contribution in [2.75, 3.05) is 18.1 Å². The highest BCUT2D eigenvalue weighted by atomic mass is 32.2. The zero-order valence-electron chi connectivity index (χ0n) is 11.7. The molecular formula is C15H22N2S. The van der Waals surface area contributed by atoms with E-state index in [4.69, 9.17) is 5.26 Å². The molecule has 0 atom stereocenters. The van der Waals surface area contributed by atoms with Crippen molar-refractivity contribution >= 4 is 17.4 Å². The molecule has 0 saturated heterocycles. The highest BCUT2D eigenvalue weighted by Gasteiger charge is 2.24. The number of thioether (sulfide) groups is 1. The number of nitrogens with one attached hydrogen (secondary N) is 1. The molecule has 1 aromatic carbocycles. The second kappa shape index (κ2) is 6.70. The van der Waals surface area contributed by atoms with Crippen LogP contribution in [0.4, 0.5) is 5.69 Å². The van der Waals surface area contributed by atoms with E-state index in [1.54, 1.807) is 0 Å². The van der Waals surface area contributed by atoms with E-state index in [2.05, 4.69) is 31.5 Å². The number of benzene rings is 1. The van der Waals surface area contributed by atoms with Gasteiger partial charge in [0.1, 0.15) is 6.07 Å². The SMILES string of the molecule is CCC(CC)(CNc1ccc(C)cc1C#N)SC. The smallest absolute Gasteiger partial charge is 0.101 e. The van der Waals surface area contributed by atoms with Gasteiger partial charge in [0.25, 0.3) is 0 Å². The van der Waals surface area contributed by atoms with Crippen LogP contribution in [0.1, 0.15) is 37.8 Å². The third-order valence-electron chi connectivity index (χ3n) is 3.62. The number of hydrogen-bond donors (Lipinski definition) is 1. The molecule has 1 aromatic rings. The summed E-state index contributed by atoms with van der Waals surface area (Å²) in [7, 11) is 0. The molecule has 0 unspecified atom stereocenters. The van der Waals surface area contributed by atoms with Crippen molar-refractivity contribution in [2.24, 2.45) is 0 Å². The van der Waals surface area contributed by atoms with Crippen LogP contribution in [0.5, 0.6) is 0 Å². The van der Waals surface area contributed by atoms with Crippen LogP contribution in [-0.2, 0) is 0 Å². The van der Waals surface area contributed by atoms with Gasteiger partial charge in [0.2, 0.25) is 0 Å². The van der Waals surface area contributed by atoms with Crippen LogP contribution >= 0.6 is 11.8 Å². The summed E-state index contributed by atoms with van der Waals surface area (Å²) in [5.74, 6) is 0. The molecule has 0 bridgehead atoms. The molecule has 0 saturated carbocycles. The Kier molecular flexibility index (Phi) is 5.55. The highest BCUT2D eigenvalue weighted by Crippen LogP contribution is 2.31. The van der Waals surface area contributed by atoms with E-state index in [0.29, 0.717) is 0 Å². The molecular weight excluding hydrogens is 240 g/mol. The van der Waals surface area contributed by atoms with Gasteiger partial charge >= 0.3 is 0 Å². The van der Waals surface area contributed by atoms with Crippen LogP contribution in [0.15, 0.2) is 18.2 Å². The molecule has 0 spiro atoms. The lowest BCUT2D eigenvalue weighted by Crippen LogP contribution is -2.32. The van der Waals surface area contributed by atoms with Gasteiger partial charge in [0, 0.05) is 11.3 Å². The number of nitrogens with zero attached hydrogens (tertiary/aromatic N) is 1. The number of nitriles is 1. The first-order valence-electron chi connectivity index (χ1n) is 6.40. The number of anilines is 1. The van der Waals surface area contributed by atoms with Crippen molar-refractivity contribution in [2.45, 2.75) is 38.4 Å². The Morgan fingerprint density at radius 1 is 1.33 bits per heavy atom. The zero-order chi connectivity index (χ0) is 13.6. The van der Waals surface area contributed by atoms with Crippen LogP contribution in [0, 0.1) is 18.3 Å². The van der Waals surface area contributed by atoms with E-state index in [1.165, 1.54) is 0 Å². The van der Waals surface area contributed by atoms with Gasteiger partial charge in [-0.15, -0.1) is 0 Å². The summed E-state index contributed by atoms with van der Waals surface area (Å²) in [5, 5.41) is 12.6. The van der Waals surface area contributed by atoms with Crippen molar-refractivity contribution in [1.82, 2.24) is 0 Å². The first-order valence-corrected chi connectivity index (χ1v) is 7.63.